The second-order valence-corrected chi connectivity index (χ2v) is 5.62. The largest absolute Gasteiger partial charge is 0.496 e. The van der Waals surface area contributed by atoms with Gasteiger partial charge in [-0.15, -0.1) is 0 Å². The van der Waals surface area contributed by atoms with E-state index >= 15 is 0 Å². The van der Waals surface area contributed by atoms with Crippen molar-refractivity contribution in [1.82, 2.24) is 4.90 Å². The van der Waals surface area contributed by atoms with E-state index in [0.29, 0.717) is 0 Å². The Morgan fingerprint density at radius 1 is 1.32 bits per heavy atom. The van der Waals surface area contributed by atoms with Crippen LogP contribution in [0.25, 0.3) is 0 Å². The average Bonchev–Trinajstić information content (AvgIpc) is 2.63. The summed E-state index contributed by atoms with van der Waals surface area (Å²) in [5, 5.41) is 9.26. The lowest BCUT2D eigenvalue weighted by atomic mass is 10.0. The first kappa shape index (κ1) is 14.4. The molecule has 0 aliphatic carbocycles. The molecule has 1 aromatic carbocycles. The Balaban J connectivity index is 2.08. The van der Waals surface area contributed by atoms with Crippen molar-refractivity contribution in [2.45, 2.75) is 39.3 Å². The SMILES string of the molecule is COc1ccc(CO)cc1CN1CCCC(C)CC1. The molecular formula is C16H25NO2. The minimum absolute atomic E-state index is 0.0913. The Labute approximate surface area is 116 Å². The van der Waals surface area contributed by atoms with Crippen LogP contribution in [0.3, 0.4) is 0 Å². The molecule has 1 saturated heterocycles. The lowest BCUT2D eigenvalue weighted by molar-refractivity contribution is 0.266. The first-order valence-electron chi connectivity index (χ1n) is 7.22. The van der Waals surface area contributed by atoms with Crippen LogP contribution in [0.1, 0.15) is 37.3 Å². The highest BCUT2D eigenvalue weighted by Gasteiger charge is 2.15. The van der Waals surface area contributed by atoms with E-state index in [4.69, 9.17) is 4.74 Å². The zero-order valence-electron chi connectivity index (χ0n) is 12.1. The quantitative estimate of drug-likeness (QED) is 0.906. The van der Waals surface area contributed by atoms with Crippen molar-refractivity contribution in [3.05, 3.63) is 29.3 Å². The summed E-state index contributed by atoms with van der Waals surface area (Å²) in [6.45, 7) is 5.68. The molecule has 0 amide bonds. The average molecular weight is 263 g/mol. The van der Waals surface area contributed by atoms with Gasteiger partial charge in [0.2, 0.25) is 0 Å². The van der Waals surface area contributed by atoms with Crippen molar-refractivity contribution < 1.29 is 9.84 Å². The third-order valence-electron chi connectivity index (χ3n) is 4.03. The molecule has 3 nitrogen and oxygen atoms in total. The number of methoxy groups -OCH3 is 1. The Hall–Kier alpha value is -1.06. The molecule has 0 bridgehead atoms. The Morgan fingerprint density at radius 3 is 2.89 bits per heavy atom. The van der Waals surface area contributed by atoms with Gasteiger partial charge in [0, 0.05) is 12.1 Å². The van der Waals surface area contributed by atoms with E-state index in [0.717, 1.165) is 36.9 Å². The summed E-state index contributed by atoms with van der Waals surface area (Å²) >= 11 is 0. The molecule has 1 aliphatic heterocycles. The standard InChI is InChI=1S/C16H25NO2/c1-13-4-3-8-17(9-7-13)11-15-10-14(12-18)5-6-16(15)19-2/h5-6,10,13,18H,3-4,7-9,11-12H2,1-2H3. The predicted molar refractivity (Wildman–Crippen MR) is 77.2 cm³/mol. The maximum absolute atomic E-state index is 9.26. The van der Waals surface area contributed by atoms with Crippen LogP contribution in [0.5, 0.6) is 5.75 Å². The van der Waals surface area contributed by atoms with Crippen LogP contribution in [-0.4, -0.2) is 30.2 Å². The minimum atomic E-state index is 0.0913. The molecule has 19 heavy (non-hydrogen) atoms. The maximum atomic E-state index is 9.26. The third kappa shape index (κ3) is 3.95. The number of hydrogen-bond donors (Lipinski definition) is 1. The molecule has 1 atom stereocenters. The molecule has 1 N–H and O–H groups in total. The number of likely N-dealkylation sites (tertiary alicyclic amines) is 1. The van der Waals surface area contributed by atoms with Gasteiger partial charge in [-0.2, -0.15) is 0 Å². The predicted octanol–water partition coefficient (Wildman–Crippen LogP) is 2.81. The summed E-state index contributed by atoms with van der Waals surface area (Å²) in [7, 11) is 1.71. The molecule has 1 fully saturated rings. The number of nitrogens with zero attached hydrogens (tertiary/aromatic N) is 1. The first-order chi connectivity index (χ1) is 9.22. The smallest absolute Gasteiger partial charge is 0.123 e. The highest BCUT2D eigenvalue weighted by atomic mass is 16.5. The van der Waals surface area contributed by atoms with Gasteiger partial charge in [0.15, 0.2) is 0 Å². The number of ether oxygens (including phenoxy) is 1. The molecule has 3 heteroatoms. The van der Waals surface area contributed by atoms with Gasteiger partial charge in [0.1, 0.15) is 5.75 Å². The lowest BCUT2D eigenvalue weighted by Crippen LogP contribution is -2.24. The normalized spacial score (nSPS) is 21.1. The second kappa shape index (κ2) is 6.92. The van der Waals surface area contributed by atoms with Gasteiger partial charge < -0.3 is 9.84 Å². The number of hydrogen-bond acceptors (Lipinski definition) is 3. The van der Waals surface area contributed by atoms with Gasteiger partial charge in [0.25, 0.3) is 0 Å². The summed E-state index contributed by atoms with van der Waals surface area (Å²) < 4.78 is 5.43. The molecule has 0 spiro atoms. The van der Waals surface area contributed by atoms with Crippen LogP contribution in [0, 0.1) is 5.92 Å². The Morgan fingerprint density at radius 2 is 2.16 bits per heavy atom. The fraction of sp³-hybridized carbons (Fsp3) is 0.625. The number of aliphatic hydroxyl groups excluding tert-OH is 1. The summed E-state index contributed by atoms with van der Waals surface area (Å²) in [4.78, 5) is 2.50. The molecule has 0 radical (unpaired) electrons. The highest BCUT2D eigenvalue weighted by Crippen LogP contribution is 2.24. The van der Waals surface area contributed by atoms with Crippen LogP contribution < -0.4 is 4.74 Å². The second-order valence-electron chi connectivity index (χ2n) is 5.62. The van der Waals surface area contributed by atoms with Crippen molar-refractivity contribution in [3.63, 3.8) is 0 Å². The van der Waals surface area contributed by atoms with Crippen molar-refractivity contribution in [2.75, 3.05) is 20.2 Å². The molecule has 1 heterocycles. The molecule has 1 aliphatic rings. The topological polar surface area (TPSA) is 32.7 Å². The van der Waals surface area contributed by atoms with Gasteiger partial charge >= 0.3 is 0 Å². The van der Waals surface area contributed by atoms with Crippen molar-refractivity contribution in [3.8, 4) is 5.75 Å². The lowest BCUT2D eigenvalue weighted by Gasteiger charge is -2.21. The zero-order chi connectivity index (χ0) is 13.7. The van der Waals surface area contributed by atoms with E-state index in [1.807, 2.05) is 12.1 Å². The van der Waals surface area contributed by atoms with Gasteiger partial charge in [-0.25, -0.2) is 0 Å². The zero-order valence-corrected chi connectivity index (χ0v) is 12.1. The minimum Gasteiger partial charge on any atom is -0.496 e. The van der Waals surface area contributed by atoms with E-state index < -0.39 is 0 Å². The third-order valence-corrected chi connectivity index (χ3v) is 4.03. The van der Waals surface area contributed by atoms with Crippen LogP contribution in [-0.2, 0) is 13.2 Å². The van der Waals surface area contributed by atoms with Gasteiger partial charge in [0.05, 0.1) is 13.7 Å². The van der Waals surface area contributed by atoms with E-state index in [1.165, 1.54) is 24.8 Å². The highest BCUT2D eigenvalue weighted by molar-refractivity contribution is 5.37. The summed E-state index contributed by atoms with van der Waals surface area (Å²) in [5.41, 5.74) is 2.14. The number of rotatable bonds is 4. The van der Waals surface area contributed by atoms with Crippen LogP contribution in [0.2, 0.25) is 0 Å². The molecule has 1 unspecified atom stereocenters. The fourth-order valence-corrected chi connectivity index (χ4v) is 2.78. The van der Waals surface area contributed by atoms with Crippen LogP contribution in [0.15, 0.2) is 18.2 Å². The van der Waals surface area contributed by atoms with E-state index in [2.05, 4.69) is 17.9 Å². The van der Waals surface area contributed by atoms with Crippen LogP contribution >= 0.6 is 0 Å². The number of benzene rings is 1. The van der Waals surface area contributed by atoms with Crippen LogP contribution in [0.4, 0.5) is 0 Å². The fourth-order valence-electron chi connectivity index (χ4n) is 2.78. The first-order valence-corrected chi connectivity index (χ1v) is 7.22. The summed E-state index contributed by atoms with van der Waals surface area (Å²) in [5.74, 6) is 1.77. The Kier molecular flexibility index (Phi) is 5.23. The van der Waals surface area contributed by atoms with Gasteiger partial charge in [-0.05, 0) is 56.0 Å². The van der Waals surface area contributed by atoms with E-state index in [9.17, 15) is 5.11 Å². The van der Waals surface area contributed by atoms with Gasteiger partial charge in [-0.1, -0.05) is 13.0 Å². The molecule has 0 aromatic heterocycles. The van der Waals surface area contributed by atoms with Crippen molar-refractivity contribution in [2.24, 2.45) is 5.92 Å². The Bertz CT molecular complexity index is 406. The van der Waals surface area contributed by atoms with E-state index in [-0.39, 0.29) is 6.61 Å². The molecular weight excluding hydrogens is 238 g/mol. The maximum Gasteiger partial charge on any atom is 0.123 e. The van der Waals surface area contributed by atoms with E-state index in [1.54, 1.807) is 7.11 Å². The van der Waals surface area contributed by atoms with Crippen molar-refractivity contribution >= 4 is 0 Å². The molecule has 2 rings (SSSR count). The molecule has 0 saturated carbocycles. The summed E-state index contributed by atoms with van der Waals surface area (Å²) in [6, 6.07) is 5.95. The monoisotopic (exact) mass is 263 g/mol. The summed E-state index contributed by atoms with van der Waals surface area (Å²) in [6.07, 6.45) is 3.90. The molecule has 106 valence electrons. The van der Waals surface area contributed by atoms with Crippen molar-refractivity contribution in [1.29, 1.82) is 0 Å². The van der Waals surface area contributed by atoms with Gasteiger partial charge in [-0.3, -0.25) is 4.90 Å². The molecule has 1 aromatic rings. The number of aliphatic hydroxyl groups is 1.